The zero-order valence-electron chi connectivity index (χ0n) is 16.7. The molecule has 2 atom stereocenters. The maximum atomic E-state index is 4.38. The van der Waals surface area contributed by atoms with E-state index in [-0.39, 0.29) is 24.0 Å². The van der Waals surface area contributed by atoms with Crippen LogP contribution in [0.3, 0.4) is 0 Å². The number of benzene rings is 2. The smallest absolute Gasteiger partial charge is 0.191 e. The number of rotatable bonds is 7. The van der Waals surface area contributed by atoms with Crippen LogP contribution in [0.15, 0.2) is 70.6 Å². The summed E-state index contributed by atoms with van der Waals surface area (Å²) in [5.41, 5.74) is 1.33. The molecule has 1 aliphatic rings. The van der Waals surface area contributed by atoms with Gasteiger partial charge in [-0.15, -0.1) is 35.7 Å². The normalized spacial score (nSPS) is 17.7. The van der Waals surface area contributed by atoms with Crippen LogP contribution in [0.2, 0.25) is 0 Å². The molecule has 0 aromatic heterocycles. The highest BCUT2D eigenvalue weighted by Gasteiger charge is 2.22. The minimum atomic E-state index is 0. The van der Waals surface area contributed by atoms with E-state index in [1.807, 2.05) is 18.8 Å². The largest absolute Gasteiger partial charge is 0.371 e. The Morgan fingerprint density at radius 2 is 1.79 bits per heavy atom. The van der Waals surface area contributed by atoms with E-state index < -0.39 is 0 Å². The average molecular weight is 510 g/mol. The molecule has 3 rings (SSSR count). The van der Waals surface area contributed by atoms with Crippen LogP contribution < -0.4 is 15.5 Å². The topological polar surface area (TPSA) is 39.7 Å². The number of hydrogen-bond acceptors (Lipinski definition) is 3. The Kier molecular flexibility index (Phi) is 9.98. The average Bonchev–Trinajstić information content (AvgIpc) is 3.19. The lowest BCUT2D eigenvalue weighted by atomic mass is 10.1. The van der Waals surface area contributed by atoms with Crippen LogP contribution in [0.25, 0.3) is 0 Å². The number of thioether (sulfide) groups is 1. The minimum Gasteiger partial charge on any atom is -0.371 e. The summed E-state index contributed by atoms with van der Waals surface area (Å²) in [5.74, 6) is 1.55. The second kappa shape index (κ2) is 12.2. The highest BCUT2D eigenvalue weighted by atomic mass is 127. The molecule has 2 N–H and O–H groups in total. The Bertz CT molecular complexity index is 711. The molecule has 0 saturated carbocycles. The van der Waals surface area contributed by atoms with Gasteiger partial charge in [0.25, 0.3) is 0 Å². The molecule has 1 aliphatic heterocycles. The first-order chi connectivity index (χ1) is 13.2. The minimum absolute atomic E-state index is 0. The summed E-state index contributed by atoms with van der Waals surface area (Å²) in [5, 5.41) is 7.44. The molecule has 2 unspecified atom stereocenters. The number of guanidine groups is 1. The van der Waals surface area contributed by atoms with Gasteiger partial charge in [-0.3, -0.25) is 4.99 Å². The first-order valence-electron chi connectivity index (χ1n) is 9.71. The van der Waals surface area contributed by atoms with Crippen LogP contribution >= 0.6 is 35.7 Å². The molecule has 0 spiro atoms. The van der Waals surface area contributed by atoms with E-state index in [4.69, 9.17) is 0 Å². The van der Waals surface area contributed by atoms with Gasteiger partial charge in [-0.1, -0.05) is 43.3 Å². The third-order valence-corrected chi connectivity index (χ3v) is 5.94. The predicted octanol–water partition coefficient (Wildman–Crippen LogP) is 4.48. The van der Waals surface area contributed by atoms with Crippen molar-refractivity contribution in [3.63, 3.8) is 0 Å². The number of nitrogens with one attached hydrogen (secondary N) is 2. The van der Waals surface area contributed by atoms with Crippen molar-refractivity contribution in [3.8, 4) is 0 Å². The lowest BCUT2D eigenvalue weighted by Crippen LogP contribution is -2.42. The van der Waals surface area contributed by atoms with Crippen molar-refractivity contribution in [2.45, 2.75) is 23.5 Å². The molecule has 1 heterocycles. The first kappa shape index (κ1) is 22.9. The highest BCUT2D eigenvalue weighted by molar-refractivity contribution is 14.0. The third-order valence-electron chi connectivity index (χ3n) is 4.83. The number of aliphatic imine (C=N–C) groups is 1. The van der Waals surface area contributed by atoms with Gasteiger partial charge in [0.2, 0.25) is 0 Å². The number of nitrogens with zero attached hydrogens (tertiary/aromatic N) is 2. The number of para-hydroxylation sites is 1. The van der Waals surface area contributed by atoms with Crippen LogP contribution in [-0.4, -0.2) is 44.4 Å². The lowest BCUT2D eigenvalue weighted by Gasteiger charge is -2.20. The van der Waals surface area contributed by atoms with Gasteiger partial charge < -0.3 is 15.5 Å². The van der Waals surface area contributed by atoms with Gasteiger partial charge in [-0.05, 0) is 36.6 Å². The van der Waals surface area contributed by atoms with E-state index in [1.165, 1.54) is 17.0 Å². The quantitative estimate of drug-likeness (QED) is 0.250. The molecule has 1 fully saturated rings. The second-order valence-corrected chi connectivity index (χ2v) is 8.52. The fraction of sp³-hybridized carbons (Fsp3) is 0.409. The summed E-state index contributed by atoms with van der Waals surface area (Å²) in [6.45, 7) is 6.33. The molecule has 4 nitrogen and oxygen atoms in total. The molecule has 1 saturated heterocycles. The SMILES string of the molecule is CN=C(NCC1CCN(c2ccccc2)C1)NCC(C)Sc1ccccc1.I. The maximum absolute atomic E-state index is 4.38. The summed E-state index contributed by atoms with van der Waals surface area (Å²) in [6, 6.07) is 21.2. The monoisotopic (exact) mass is 510 g/mol. The van der Waals surface area contributed by atoms with E-state index >= 15 is 0 Å². The Hall–Kier alpha value is -1.41. The predicted molar refractivity (Wildman–Crippen MR) is 133 cm³/mol. The van der Waals surface area contributed by atoms with Crippen molar-refractivity contribution in [1.29, 1.82) is 0 Å². The molecule has 0 bridgehead atoms. The van der Waals surface area contributed by atoms with Crippen LogP contribution in [0.5, 0.6) is 0 Å². The molecular formula is C22H31IN4S. The summed E-state index contributed by atoms with van der Waals surface area (Å²) in [7, 11) is 1.84. The Labute approximate surface area is 190 Å². The van der Waals surface area contributed by atoms with Gasteiger partial charge in [0.1, 0.15) is 0 Å². The maximum Gasteiger partial charge on any atom is 0.191 e. The molecule has 0 radical (unpaired) electrons. The molecule has 6 heteroatoms. The molecule has 152 valence electrons. The van der Waals surface area contributed by atoms with Gasteiger partial charge in [-0.2, -0.15) is 0 Å². The molecule has 2 aromatic rings. The van der Waals surface area contributed by atoms with Crippen molar-refractivity contribution >= 4 is 47.4 Å². The van der Waals surface area contributed by atoms with Crippen LogP contribution in [-0.2, 0) is 0 Å². The summed E-state index contributed by atoms with van der Waals surface area (Å²) < 4.78 is 0. The molecule has 0 aliphatic carbocycles. The van der Waals surface area contributed by atoms with E-state index in [0.29, 0.717) is 11.2 Å². The van der Waals surface area contributed by atoms with Crippen molar-refractivity contribution in [3.05, 3.63) is 60.7 Å². The van der Waals surface area contributed by atoms with E-state index in [2.05, 4.69) is 88.1 Å². The number of halogens is 1. The van der Waals surface area contributed by atoms with Crippen LogP contribution in [0.1, 0.15) is 13.3 Å². The number of anilines is 1. The van der Waals surface area contributed by atoms with Crippen molar-refractivity contribution in [2.24, 2.45) is 10.9 Å². The van der Waals surface area contributed by atoms with Gasteiger partial charge in [-0.25, -0.2) is 0 Å². The summed E-state index contributed by atoms with van der Waals surface area (Å²) >= 11 is 1.89. The lowest BCUT2D eigenvalue weighted by molar-refractivity contribution is 0.566. The van der Waals surface area contributed by atoms with E-state index in [9.17, 15) is 0 Å². The third kappa shape index (κ3) is 7.20. The van der Waals surface area contributed by atoms with Gasteiger partial charge in [0, 0.05) is 49.1 Å². The second-order valence-electron chi connectivity index (χ2n) is 7.01. The molecule has 0 amide bonds. The van der Waals surface area contributed by atoms with Crippen LogP contribution in [0.4, 0.5) is 5.69 Å². The zero-order chi connectivity index (χ0) is 18.9. The van der Waals surface area contributed by atoms with Gasteiger partial charge >= 0.3 is 0 Å². The standard InChI is InChI=1S/C22H30N4S.HI/c1-18(27-21-11-7-4-8-12-21)15-24-22(23-2)25-16-19-13-14-26(17-19)20-9-5-3-6-10-20;/h3-12,18-19H,13-17H2,1-2H3,(H2,23,24,25);1H. The Balaban J connectivity index is 0.00000280. The zero-order valence-corrected chi connectivity index (χ0v) is 19.8. The van der Waals surface area contributed by atoms with Crippen molar-refractivity contribution in [1.82, 2.24) is 10.6 Å². The Morgan fingerprint density at radius 3 is 2.46 bits per heavy atom. The fourth-order valence-electron chi connectivity index (χ4n) is 3.35. The Morgan fingerprint density at radius 1 is 1.11 bits per heavy atom. The molecular weight excluding hydrogens is 479 g/mol. The van der Waals surface area contributed by atoms with Crippen LogP contribution in [0, 0.1) is 5.92 Å². The number of hydrogen-bond donors (Lipinski definition) is 2. The molecule has 2 aromatic carbocycles. The van der Waals surface area contributed by atoms with E-state index in [1.54, 1.807) is 0 Å². The van der Waals surface area contributed by atoms with Gasteiger partial charge in [0.15, 0.2) is 5.96 Å². The summed E-state index contributed by atoms with van der Waals surface area (Å²) in [6.07, 6.45) is 1.22. The van der Waals surface area contributed by atoms with Crippen molar-refractivity contribution in [2.75, 3.05) is 38.1 Å². The summed E-state index contributed by atoms with van der Waals surface area (Å²) in [4.78, 5) is 8.16. The molecule has 28 heavy (non-hydrogen) atoms. The highest BCUT2D eigenvalue weighted by Crippen LogP contribution is 2.23. The first-order valence-corrected chi connectivity index (χ1v) is 10.6. The van der Waals surface area contributed by atoms with Crippen molar-refractivity contribution < 1.29 is 0 Å². The van der Waals surface area contributed by atoms with E-state index in [0.717, 1.165) is 32.1 Å². The van der Waals surface area contributed by atoms with Gasteiger partial charge in [0.05, 0.1) is 0 Å². The fourth-order valence-corrected chi connectivity index (χ4v) is 4.29.